The van der Waals surface area contributed by atoms with E-state index in [1.807, 2.05) is 39.0 Å². The summed E-state index contributed by atoms with van der Waals surface area (Å²) in [7, 11) is 0. The fourth-order valence-electron chi connectivity index (χ4n) is 2.04. The zero-order valence-corrected chi connectivity index (χ0v) is 11.2. The van der Waals surface area contributed by atoms with Gasteiger partial charge in [-0.25, -0.2) is 4.79 Å². The number of hydrogen-bond acceptors (Lipinski definition) is 3. The second-order valence-corrected chi connectivity index (χ2v) is 4.44. The first-order valence-electron chi connectivity index (χ1n) is 6.09. The van der Waals surface area contributed by atoms with Crippen LogP contribution in [0.25, 0.3) is 10.9 Å². The quantitative estimate of drug-likeness (QED) is 0.759. The third kappa shape index (κ3) is 2.08. The van der Waals surface area contributed by atoms with Crippen LogP contribution in [0.2, 0.25) is 0 Å². The van der Waals surface area contributed by atoms with Crippen LogP contribution >= 0.6 is 0 Å². The van der Waals surface area contributed by atoms with E-state index in [0.717, 1.165) is 27.7 Å². The summed E-state index contributed by atoms with van der Waals surface area (Å²) in [5.74, 6) is -0.301. The molecule has 2 aromatic rings. The molecule has 0 aliphatic rings. The lowest BCUT2D eigenvalue weighted by atomic mass is 10.0. The van der Waals surface area contributed by atoms with Gasteiger partial charge in [0, 0.05) is 5.39 Å². The molecule has 1 aromatic heterocycles. The number of pyridine rings is 1. The van der Waals surface area contributed by atoms with Crippen LogP contribution in [0, 0.1) is 20.8 Å². The first-order valence-corrected chi connectivity index (χ1v) is 6.09. The highest BCUT2D eigenvalue weighted by Gasteiger charge is 2.14. The van der Waals surface area contributed by atoms with Gasteiger partial charge in [0.1, 0.15) is 0 Å². The van der Waals surface area contributed by atoms with E-state index in [1.165, 1.54) is 0 Å². The third-order valence-electron chi connectivity index (χ3n) is 3.09. The van der Waals surface area contributed by atoms with Gasteiger partial charge in [-0.1, -0.05) is 12.1 Å². The minimum Gasteiger partial charge on any atom is -0.462 e. The molecule has 2 rings (SSSR count). The van der Waals surface area contributed by atoms with Gasteiger partial charge < -0.3 is 4.74 Å². The van der Waals surface area contributed by atoms with Crippen molar-refractivity contribution in [1.29, 1.82) is 0 Å². The third-order valence-corrected chi connectivity index (χ3v) is 3.09. The minimum absolute atomic E-state index is 0.301. The van der Waals surface area contributed by atoms with Crippen molar-refractivity contribution in [2.75, 3.05) is 6.61 Å². The lowest BCUT2D eigenvalue weighted by Gasteiger charge is -2.10. The van der Waals surface area contributed by atoms with Crippen molar-refractivity contribution in [3.8, 4) is 0 Å². The molecule has 0 saturated heterocycles. The van der Waals surface area contributed by atoms with Crippen LogP contribution in [0.5, 0.6) is 0 Å². The van der Waals surface area contributed by atoms with Crippen molar-refractivity contribution in [3.63, 3.8) is 0 Å². The van der Waals surface area contributed by atoms with Crippen molar-refractivity contribution in [3.05, 3.63) is 40.6 Å². The smallest absolute Gasteiger partial charge is 0.339 e. The number of fused-ring (bicyclic) bond motifs is 1. The number of aryl methyl sites for hydroxylation is 3. The monoisotopic (exact) mass is 243 g/mol. The molecule has 0 unspecified atom stereocenters. The van der Waals surface area contributed by atoms with Crippen molar-refractivity contribution >= 4 is 16.9 Å². The average Bonchev–Trinajstić information content (AvgIpc) is 2.34. The number of carbonyl (C=O) groups excluding carboxylic acids is 1. The average molecular weight is 243 g/mol. The Kier molecular flexibility index (Phi) is 3.32. The first-order chi connectivity index (χ1) is 8.54. The molecule has 0 saturated carbocycles. The van der Waals surface area contributed by atoms with E-state index in [-0.39, 0.29) is 5.97 Å². The zero-order valence-electron chi connectivity index (χ0n) is 11.2. The van der Waals surface area contributed by atoms with Gasteiger partial charge in [0.25, 0.3) is 0 Å². The Morgan fingerprint density at radius 1 is 1.22 bits per heavy atom. The maximum absolute atomic E-state index is 11.8. The molecule has 0 aliphatic carbocycles. The molecular formula is C15H17NO2. The SMILES string of the molecule is CCOC(=O)c1cc2c(C)ccc(C)c2nc1C. The fourth-order valence-corrected chi connectivity index (χ4v) is 2.04. The fraction of sp³-hybridized carbons (Fsp3) is 0.333. The van der Waals surface area contributed by atoms with Crippen molar-refractivity contribution < 1.29 is 9.53 Å². The van der Waals surface area contributed by atoms with Gasteiger partial charge in [0.2, 0.25) is 0 Å². The number of nitrogens with zero attached hydrogens (tertiary/aromatic N) is 1. The highest BCUT2D eigenvalue weighted by atomic mass is 16.5. The summed E-state index contributed by atoms with van der Waals surface area (Å²) in [5, 5.41) is 1.02. The Labute approximate surface area is 107 Å². The Hall–Kier alpha value is -1.90. The molecule has 0 radical (unpaired) electrons. The number of benzene rings is 1. The lowest BCUT2D eigenvalue weighted by Crippen LogP contribution is -2.08. The van der Waals surface area contributed by atoms with Crippen LogP contribution in [0.3, 0.4) is 0 Å². The van der Waals surface area contributed by atoms with Crippen molar-refractivity contribution in [1.82, 2.24) is 4.98 Å². The van der Waals surface area contributed by atoms with Crippen LogP contribution in [0.15, 0.2) is 18.2 Å². The van der Waals surface area contributed by atoms with Gasteiger partial charge in [-0.2, -0.15) is 0 Å². The summed E-state index contributed by atoms with van der Waals surface area (Å²) in [5.41, 5.74) is 4.47. The molecule has 3 nitrogen and oxygen atoms in total. The van der Waals surface area contributed by atoms with Gasteiger partial charge in [-0.05, 0) is 44.9 Å². The molecule has 3 heteroatoms. The van der Waals surface area contributed by atoms with Crippen molar-refractivity contribution in [2.24, 2.45) is 0 Å². The summed E-state index contributed by atoms with van der Waals surface area (Å²) in [4.78, 5) is 16.4. The summed E-state index contributed by atoms with van der Waals surface area (Å²) >= 11 is 0. The predicted molar refractivity (Wildman–Crippen MR) is 71.9 cm³/mol. The van der Waals surface area contributed by atoms with Gasteiger partial charge in [0.15, 0.2) is 0 Å². The molecule has 94 valence electrons. The molecule has 0 fully saturated rings. The number of hydrogen-bond donors (Lipinski definition) is 0. The molecule has 0 aliphatic heterocycles. The van der Waals surface area contributed by atoms with Gasteiger partial charge in [-0.3, -0.25) is 4.98 Å². The number of rotatable bonds is 2. The van der Waals surface area contributed by atoms with E-state index in [1.54, 1.807) is 6.92 Å². The highest BCUT2D eigenvalue weighted by molar-refractivity contribution is 5.96. The second-order valence-electron chi connectivity index (χ2n) is 4.44. The Balaban J connectivity index is 2.68. The molecular weight excluding hydrogens is 226 g/mol. The molecule has 0 atom stereocenters. The molecule has 1 aromatic carbocycles. The van der Waals surface area contributed by atoms with Gasteiger partial charge >= 0.3 is 5.97 Å². The van der Waals surface area contributed by atoms with E-state index >= 15 is 0 Å². The molecule has 0 amide bonds. The molecule has 0 bridgehead atoms. The number of esters is 1. The summed E-state index contributed by atoms with van der Waals surface area (Å²) < 4.78 is 5.05. The maximum Gasteiger partial charge on any atom is 0.339 e. The standard InChI is InChI=1S/C15H17NO2/c1-5-18-15(17)13-8-12-9(2)6-7-10(3)14(12)16-11(13)4/h6-8H,5H2,1-4H3. The van der Waals surface area contributed by atoms with E-state index < -0.39 is 0 Å². The van der Waals surface area contributed by atoms with E-state index in [4.69, 9.17) is 4.74 Å². The zero-order chi connectivity index (χ0) is 13.3. The van der Waals surface area contributed by atoms with Gasteiger partial charge in [-0.15, -0.1) is 0 Å². The Bertz CT molecular complexity index is 617. The normalized spacial score (nSPS) is 10.7. The Morgan fingerprint density at radius 3 is 2.56 bits per heavy atom. The maximum atomic E-state index is 11.8. The van der Waals surface area contributed by atoms with Crippen molar-refractivity contribution in [2.45, 2.75) is 27.7 Å². The molecule has 0 spiro atoms. The summed E-state index contributed by atoms with van der Waals surface area (Å²) in [6, 6.07) is 5.98. The van der Waals surface area contributed by atoms with E-state index in [0.29, 0.717) is 12.2 Å². The van der Waals surface area contributed by atoms with Crippen LogP contribution < -0.4 is 0 Å². The second kappa shape index (κ2) is 4.77. The van der Waals surface area contributed by atoms with Crippen LogP contribution in [0.4, 0.5) is 0 Å². The Morgan fingerprint density at radius 2 is 1.89 bits per heavy atom. The van der Waals surface area contributed by atoms with Crippen LogP contribution in [0.1, 0.15) is 34.1 Å². The summed E-state index contributed by atoms with van der Waals surface area (Å²) in [6.45, 7) is 8.07. The molecule has 1 heterocycles. The minimum atomic E-state index is -0.301. The van der Waals surface area contributed by atoms with E-state index in [9.17, 15) is 4.79 Å². The first kappa shape index (κ1) is 12.6. The van der Waals surface area contributed by atoms with Crippen LogP contribution in [-0.2, 0) is 4.74 Å². The van der Waals surface area contributed by atoms with E-state index in [2.05, 4.69) is 4.98 Å². The number of ether oxygens (including phenoxy) is 1. The van der Waals surface area contributed by atoms with Gasteiger partial charge in [0.05, 0.1) is 23.4 Å². The number of aromatic nitrogens is 1. The lowest BCUT2D eigenvalue weighted by molar-refractivity contribution is 0.0525. The summed E-state index contributed by atoms with van der Waals surface area (Å²) in [6.07, 6.45) is 0. The predicted octanol–water partition coefficient (Wildman–Crippen LogP) is 3.34. The topological polar surface area (TPSA) is 39.2 Å². The number of carbonyl (C=O) groups is 1. The molecule has 0 N–H and O–H groups in total. The molecule has 18 heavy (non-hydrogen) atoms. The highest BCUT2D eigenvalue weighted by Crippen LogP contribution is 2.23. The van der Waals surface area contributed by atoms with Crippen LogP contribution in [-0.4, -0.2) is 17.6 Å². The largest absolute Gasteiger partial charge is 0.462 e.